The van der Waals surface area contributed by atoms with Crippen LogP contribution in [0.1, 0.15) is 18.4 Å². The lowest BCUT2D eigenvalue weighted by molar-refractivity contribution is 0.328. The van der Waals surface area contributed by atoms with Gasteiger partial charge in [0.15, 0.2) is 0 Å². The van der Waals surface area contributed by atoms with Crippen LogP contribution in [0, 0.1) is 0 Å². The van der Waals surface area contributed by atoms with Gasteiger partial charge >= 0.3 is 0 Å². The Morgan fingerprint density at radius 1 is 1.21 bits per heavy atom. The molecule has 0 saturated heterocycles. The number of benzene rings is 1. The van der Waals surface area contributed by atoms with Gasteiger partial charge in [-0.2, -0.15) is 0 Å². The molecule has 1 aromatic carbocycles. The molecule has 0 heterocycles. The van der Waals surface area contributed by atoms with E-state index in [0.29, 0.717) is 25.6 Å². The van der Waals surface area contributed by atoms with Crippen molar-refractivity contribution in [1.82, 2.24) is 0 Å². The summed E-state index contributed by atoms with van der Waals surface area (Å²) in [6.07, 6.45) is 0. The summed E-state index contributed by atoms with van der Waals surface area (Å²) in [4.78, 5) is 0. The highest BCUT2D eigenvalue weighted by atomic mass is 16.5. The van der Waals surface area contributed by atoms with E-state index in [-0.39, 0.29) is 0 Å². The molecular formula is C11H18N2O. The van der Waals surface area contributed by atoms with Crippen LogP contribution in [0.5, 0.6) is 5.75 Å². The maximum Gasteiger partial charge on any atom is 0.119 e. The van der Waals surface area contributed by atoms with Gasteiger partial charge in [-0.1, -0.05) is 19.1 Å². The van der Waals surface area contributed by atoms with E-state index in [9.17, 15) is 0 Å². The summed E-state index contributed by atoms with van der Waals surface area (Å²) in [5.74, 6) is 1.27. The summed E-state index contributed by atoms with van der Waals surface area (Å²) in [6, 6.07) is 8.00. The second-order valence-corrected chi connectivity index (χ2v) is 3.34. The number of ether oxygens (including phenoxy) is 1. The SMILES string of the molecule is CC(CN)c1ccc(OCCN)cc1. The zero-order valence-electron chi connectivity index (χ0n) is 8.57. The third-order valence-corrected chi connectivity index (χ3v) is 2.19. The van der Waals surface area contributed by atoms with Crippen molar-refractivity contribution >= 4 is 0 Å². The Bertz CT molecular complexity index is 258. The molecule has 0 spiro atoms. The van der Waals surface area contributed by atoms with Gasteiger partial charge in [0, 0.05) is 6.54 Å². The summed E-state index contributed by atoms with van der Waals surface area (Å²) in [7, 11) is 0. The van der Waals surface area contributed by atoms with Gasteiger partial charge in [0.1, 0.15) is 12.4 Å². The Balaban J connectivity index is 2.59. The number of hydrogen-bond acceptors (Lipinski definition) is 3. The van der Waals surface area contributed by atoms with E-state index in [1.54, 1.807) is 0 Å². The molecule has 1 rings (SSSR count). The molecule has 1 unspecified atom stereocenters. The zero-order chi connectivity index (χ0) is 10.4. The minimum Gasteiger partial charge on any atom is -0.492 e. The minimum atomic E-state index is 0.401. The van der Waals surface area contributed by atoms with Crippen molar-refractivity contribution < 1.29 is 4.74 Å². The first kappa shape index (κ1) is 11.0. The van der Waals surface area contributed by atoms with E-state index >= 15 is 0 Å². The Labute approximate surface area is 85.0 Å². The van der Waals surface area contributed by atoms with Crippen molar-refractivity contribution in [3.05, 3.63) is 29.8 Å². The van der Waals surface area contributed by atoms with Crippen LogP contribution in [-0.4, -0.2) is 19.7 Å². The first-order valence-electron chi connectivity index (χ1n) is 4.90. The smallest absolute Gasteiger partial charge is 0.119 e. The third kappa shape index (κ3) is 3.01. The van der Waals surface area contributed by atoms with Crippen LogP contribution in [0.2, 0.25) is 0 Å². The molecule has 0 bridgehead atoms. The molecule has 0 aliphatic heterocycles. The van der Waals surface area contributed by atoms with Crippen LogP contribution in [0.25, 0.3) is 0 Å². The average molecular weight is 194 g/mol. The molecule has 4 N–H and O–H groups in total. The van der Waals surface area contributed by atoms with Crippen LogP contribution < -0.4 is 16.2 Å². The van der Waals surface area contributed by atoms with E-state index in [2.05, 4.69) is 6.92 Å². The van der Waals surface area contributed by atoms with E-state index in [4.69, 9.17) is 16.2 Å². The van der Waals surface area contributed by atoms with Crippen molar-refractivity contribution in [1.29, 1.82) is 0 Å². The highest BCUT2D eigenvalue weighted by Crippen LogP contribution is 2.18. The molecule has 0 amide bonds. The monoisotopic (exact) mass is 194 g/mol. The predicted octanol–water partition coefficient (Wildman–Crippen LogP) is 1.09. The summed E-state index contributed by atoms with van der Waals surface area (Å²) in [6.45, 7) is 3.88. The highest BCUT2D eigenvalue weighted by molar-refractivity contribution is 5.29. The second kappa shape index (κ2) is 5.62. The fourth-order valence-electron chi connectivity index (χ4n) is 1.21. The van der Waals surface area contributed by atoms with E-state index in [1.165, 1.54) is 5.56 Å². The lowest BCUT2D eigenvalue weighted by Crippen LogP contribution is -2.11. The maximum absolute atomic E-state index is 5.57. The van der Waals surface area contributed by atoms with Crippen LogP contribution in [-0.2, 0) is 0 Å². The largest absolute Gasteiger partial charge is 0.492 e. The second-order valence-electron chi connectivity index (χ2n) is 3.34. The van der Waals surface area contributed by atoms with Crippen molar-refractivity contribution in [2.24, 2.45) is 11.5 Å². The van der Waals surface area contributed by atoms with E-state index in [1.807, 2.05) is 24.3 Å². The van der Waals surface area contributed by atoms with Crippen molar-refractivity contribution in [3.8, 4) is 5.75 Å². The van der Waals surface area contributed by atoms with Gasteiger partial charge in [-0.25, -0.2) is 0 Å². The lowest BCUT2D eigenvalue weighted by atomic mass is 10.0. The van der Waals surface area contributed by atoms with Gasteiger partial charge < -0.3 is 16.2 Å². The molecule has 3 heteroatoms. The van der Waals surface area contributed by atoms with Crippen LogP contribution >= 0.6 is 0 Å². The zero-order valence-corrected chi connectivity index (χ0v) is 8.57. The molecule has 0 radical (unpaired) electrons. The fourth-order valence-corrected chi connectivity index (χ4v) is 1.21. The van der Waals surface area contributed by atoms with Crippen molar-refractivity contribution in [2.45, 2.75) is 12.8 Å². The van der Waals surface area contributed by atoms with Gasteiger partial charge in [0.05, 0.1) is 0 Å². The summed E-state index contributed by atoms with van der Waals surface area (Å²) in [5.41, 5.74) is 12.2. The Kier molecular flexibility index (Phi) is 4.43. The topological polar surface area (TPSA) is 61.3 Å². The maximum atomic E-state index is 5.57. The number of nitrogens with two attached hydrogens (primary N) is 2. The first-order chi connectivity index (χ1) is 6.77. The lowest BCUT2D eigenvalue weighted by Gasteiger charge is -2.10. The van der Waals surface area contributed by atoms with Crippen LogP contribution in [0.15, 0.2) is 24.3 Å². The molecule has 1 aromatic rings. The number of rotatable bonds is 5. The summed E-state index contributed by atoms with van der Waals surface area (Å²) >= 11 is 0. The Hall–Kier alpha value is -1.06. The molecule has 1 atom stereocenters. The van der Waals surface area contributed by atoms with E-state index < -0.39 is 0 Å². The quantitative estimate of drug-likeness (QED) is 0.737. The van der Waals surface area contributed by atoms with Gasteiger partial charge in [0.25, 0.3) is 0 Å². The average Bonchev–Trinajstić information content (AvgIpc) is 2.26. The third-order valence-electron chi connectivity index (χ3n) is 2.19. The molecular weight excluding hydrogens is 176 g/mol. The number of hydrogen-bond donors (Lipinski definition) is 2. The molecule has 0 aromatic heterocycles. The Morgan fingerprint density at radius 3 is 2.36 bits per heavy atom. The first-order valence-corrected chi connectivity index (χ1v) is 4.90. The molecule has 78 valence electrons. The summed E-state index contributed by atoms with van der Waals surface area (Å²) in [5, 5.41) is 0. The highest BCUT2D eigenvalue weighted by Gasteiger charge is 2.02. The Morgan fingerprint density at radius 2 is 1.86 bits per heavy atom. The van der Waals surface area contributed by atoms with Gasteiger partial charge in [-0.3, -0.25) is 0 Å². The predicted molar refractivity (Wildman–Crippen MR) is 58.5 cm³/mol. The van der Waals surface area contributed by atoms with Crippen LogP contribution in [0.3, 0.4) is 0 Å². The summed E-state index contributed by atoms with van der Waals surface area (Å²) < 4.78 is 5.37. The molecule has 14 heavy (non-hydrogen) atoms. The van der Waals surface area contributed by atoms with Crippen LogP contribution in [0.4, 0.5) is 0 Å². The normalized spacial score (nSPS) is 12.5. The van der Waals surface area contributed by atoms with Gasteiger partial charge in [0.2, 0.25) is 0 Å². The minimum absolute atomic E-state index is 0.401. The molecule has 3 nitrogen and oxygen atoms in total. The standard InChI is InChI=1S/C11H18N2O/c1-9(8-13)10-2-4-11(5-3-10)14-7-6-12/h2-5,9H,6-8,12-13H2,1H3. The molecule has 0 saturated carbocycles. The van der Waals surface area contributed by atoms with Crippen molar-refractivity contribution in [2.75, 3.05) is 19.7 Å². The van der Waals surface area contributed by atoms with Gasteiger partial charge in [-0.15, -0.1) is 0 Å². The molecule has 0 fully saturated rings. The van der Waals surface area contributed by atoms with E-state index in [0.717, 1.165) is 5.75 Å². The molecule has 0 aliphatic carbocycles. The molecule has 0 aliphatic rings. The fraction of sp³-hybridized carbons (Fsp3) is 0.455. The van der Waals surface area contributed by atoms with Crippen molar-refractivity contribution in [3.63, 3.8) is 0 Å². The van der Waals surface area contributed by atoms with Gasteiger partial charge in [-0.05, 0) is 30.2 Å².